The molecule has 0 saturated carbocycles. The Balaban J connectivity index is 2.37. The first-order chi connectivity index (χ1) is 8.24. The largest absolute Gasteiger partial charge is 0.330 e. The molecular weight excluding hydrogens is 228 g/mol. The molecule has 1 aromatic carbocycles. The Morgan fingerprint density at radius 3 is 2.53 bits per heavy atom. The molecule has 2 N–H and O–H groups in total. The lowest BCUT2D eigenvalue weighted by Gasteiger charge is -2.02. The molecule has 17 heavy (non-hydrogen) atoms. The molecule has 0 fully saturated rings. The summed E-state index contributed by atoms with van der Waals surface area (Å²) in [6.45, 7) is 4.90. The number of hydrogen-bond donors (Lipinski definition) is 1. The Morgan fingerprint density at radius 2 is 1.94 bits per heavy atom. The van der Waals surface area contributed by atoms with Crippen molar-refractivity contribution in [1.29, 1.82) is 0 Å². The molecule has 2 rings (SSSR count). The van der Waals surface area contributed by atoms with Crippen LogP contribution in [0.15, 0.2) is 24.3 Å². The molecule has 0 spiro atoms. The van der Waals surface area contributed by atoms with Crippen molar-refractivity contribution in [3.05, 3.63) is 39.7 Å². The molecule has 0 atom stereocenters. The molecule has 0 radical (unpaired) electrons. The van der Waals surface area contributed by atoms with Crippen molar-refractivity contribution in [3.8, 4) is 11.3 Å². The second-order valence-electron chi connectivity index (χ2n) is 4.09. The van der Waals surface area contributed by atoms with Gasteiger partial charge in [-0.1, -0.05) is 31.2 Å². The van der Waals surface area contributed by atoms with Crippen LogP contribution in [0.4, 0.5) is 0 Å². The van der Waals surface area contributed by atoms with Crippen LogP contribution < -0.4 is 5.73 Å². The van der Waals surface area contributed by atoms with Crippen molar-refractivity contribution in [2.24, 2.45) is 5.73 Å². The molecule has 0 aliphatic rings. The van der Waals surface area contributed by atoms with Crippen LogP contribution in [0.3, 0.4) is 0 Å². The van der Waals surface area contributed by atoms with Crippen molar-refractivity contribution in [3.63, 3.8) is 0 Å². The van der Waals surface area contributed by atoms with Crippen molar-refractivity contribution in [2.45, 2.75) is 26.7 Å². The monoisotopic (exact) mass is 246 g/mol. The van der Waals surface area contributed by atoms with Gasteiger partial charge in [-0.2, -0.15) is 0 Å². The third kappa shape index (κ3) is 2.73. The van der Waals surface area contributed by atoms with Gasteiger partial charge in [-0.3, -0.25) is 0 Å². The van der Waals surface area contributed by atoms with Crippen molar-refractivity contribution >= 4 is 11.3 Å². The maximum Gasteiger partial charge on any atom is 0.0904 e. The van der Waals surface area contributed by atoms with E-state index in [-0.39, 0.29) is 0 Å². The molecular formula is C14H18N2S. The zero-order valence-electron chi connectivity index (χ0n) is 10.4. The van der Waals surface area contributed by atoms with Gasteiger partial charge < -0.3 is 5.73 Å². The van der Waals surface area contributed by atoms with Crippen LogP contribution in [-0.2, 0) is 12.8 Å². The predicted molar refractivity (Wildman–Crippen MR) is 74.4 cm³/mol. The van der Waals surface area contributed by atoms with E-state index in [9.17, 15) is 0 Å². The van der Waals surface area contributed by atoms with E-state index in [2.05, 4.69) is 43.1 Å². The minimum Gasteiger partial charge on any atom is -0.330 e. The molecule has 90 valence electrons. The average Bonchev–Trinajstić information content (AvgIpc) is 2.71. The molecule has 0 unspecified atom stereocenters. The summed E-state index contributed by atoms with van der Waals surface area (Å²) in [5, 5.41) is 1.11. The summed E-state index contributed by atoms with van der Waals surface area (Å²) in [5.41, 5.74) is 9.32. The van der Waals surface area contributed by atoms with Gasteiger partial charge in [0.15, 0.2) is 0 Å². The summed E-state index contributed by atoms with van der Waals surface area (Å²) >= 11 is 1.75. The number of thiazole rings is 1. The smallest absolute Gasteiger partial charge is 0.0904 e. The standard InChI is InChI=1S/C14H18N2S/c1-3-11-4-6-12(7-5-11)14-13(8-9-15)17-10(2)16-14/h4-7H,3,8-9,15H2,1-2H3. The molecule has 2 nitrogen and oxygen atoms in total. The second kappa shape index (κ2) is 5.43. The third-order valence-corrected chi connectivity index (χ3v) is 3.84. The van der Waals surface area contributed by atoms with Gasteiger partial charge in [0.2, 0.25) is 0 Å². The van der Waals surface area contributed by atoms with Crippen LogP contribution in [0.25, 0.3) is 11.3 Å². The average molecular weight is 246 g/mol. The van der Waals surface area contributed by atoms with E-state index in [0.717, 1.165) is 23.5 Å². The lowest BCUT2D eigenvalue weighted by molar-refractivity contribution is 0.985. The van der Waals surface area contributed by atoms with Gasteiger partial charge >= 0.3 is 0 Å². The van der Waals surface area contributed by atoms with Gasteiger partial charge in [-0.15, -0.1) is 11.3 Å². The minimum absolute atomic E-state index is 0.682. The maximum atomic E-state index is 5.64. The van der Waals surface area contributed by atoms with E-state index < -0.39 is 0 Å². The fourth-order valence-electron chi connectivity index (χ4n) is 1.89. The van der Waals surface area contributed by atoms with Gasteiger partial charge in [0.25, 0.3) is 0 Å². The zero-order valence-corrected chi connectivity index (χ0v) is 11.2. The summed E-state index contributed by atoms with van der Waals surface area (Å²) in [6, 6.07) is 8.67. The maximum absolute atomic E-state index is 5.64. The molecule has 0 aliphatic carbocycles. The summed E-state index contributed by atoms with van der Waals surface area (Å²) in [4.78, 5) is 5.92. The summed E-state index contributed by atoms with van der Waals surface area (Å²) in [6.07, 6.45) is 1.99. The highest BCUT2D eigenvalue weighted by Crippen LogP contribution is 2.28. The molecule has 0 saturated heterocycles. The predicted octanol–water partition coefficient (Wildman–Crippen LogP) is 3.18. The fraction of sp³-hybridized carbons (Fsp3) is 0.357. The van der Waals surface area contributed by atoms with E-state index in [0.29, 0.717) is 6.54 Å². The number of hydrogen-bond acceptors (Lipinski definition) is 3. The van der Waals surface area contributed by atoms with Gasteiger partial charge in [-0.25, -0.2) is 4.98 Å². The van der Waals surface area contributed by atoms with E-state index in [1.54, 1.807) is 11.3 Å². The highest BCUT2D eigenvalue weighted by molar-refractivity contribution is 7.12. The van der Waals surface area contributed by atoms with Crippen LogP contribution in [0, 0.1) is 6.92 Å². The van der Waals surface area contributed by atoms with Crippen LogP contribution in [0.2, 0.25) is 0 Å². The number of aryl methyl sites for hydroxylation is 2. The van der Waals surface area contributed by atoms with E-state index in [1.165, 1.54) is 16.0 Å². The normalized spacial score (nSPS) is 10.8. The number of aromatic nitrogens is 1. The van der Waals surface area contributed by atoms with Crippen LogP contribution in [0.1, 0.15) is 22.4 Å². The molecule has 0 bridgehead atoms. The summed E-state index contributed by atoms with van der Waals surface area (Å²) in [7, 11) is 0. The van der Waals surface area contributed by atoms with Crippen molar-refractivity contribution < 1.29 is 0 Å². The Hall–Kier alpha value is -1.19. The van der Waals surface area contributed by atoms with Crippen molar-refractivity contribution in [1.82, 2.24) is 4.98 Å². The highest BCUT2D eigenvalue weighted by atomic mass is 32.1. The van der Waals surface area contributed by atoms with Gasteiger partial charge in [0.1, 0.15) is 0 Å². The number of benzene rings is 1. The van der Waals surface area contributed by atoms with Crippen LogP contribution in [-0.4, -0.2) is 11.5 Å². The zero-order chi connectivity index (χ0) is 12.3. The lowest BCUT2D eigenvalue weighted by Crippen LogP contribution is -2.02. The summed E-state index contributed by atoms with van der Waals surface area (Å²) in [5.74, 6) is 0. The van der Waals surface area contributed by atoms with Crippen molar-refractivity contribution in [2.75, 3.05) is 6.54 Å². The molecule has 3 heteroatoms. The topological polar surface area (TPSA) is 38.9 Å². The van der Waals surface area contributed by atoms with Gasteiger partial charge in [0, 0.05) is 10.4 Å². The van der Waals surface area contributed by atoms with E-state index in [1.807, 2.05) is 0 Å². The first-order valence-electron chi connectivity index (χ1n) is 6.00. The van der Waals surface area contributed by atoms with E-state index in [4.69, 9.17) is 5.73 Å². The third-order valence-electron chi connectivity index (χ3n) is 2.81. The van der Waals surface area contributed by atoms with Gasteiger partial charge in [-0.05, 0) is 31.9 Å². The lowest BCUT2D eigenvalue weighted by atomic mass is 10.1. The van der Waals surface area contributed by atoms with E-state index >= 15 is 0 Å². The first kappa shape index (κ1) is 12.3. The highest BCUT2D eigenvalue weighted by Gasteiger charge is 2.10. The van der Waals surface area contributed by atoms with Gasteiger partial charge in [0.05, 0.1) is 10.7 Å². The number of nitrogens with zero attached hydrogens (tertiary/aromatic N) is 1. The Bertz CT molecular complexity index is 485. The molecule has 0 aliphatic heterocycles. The minimum atomic E-state index is 0.682. The first-order valence-corrected chi connectivity index (χ1v) is 6.82. The number of nitrogens with two attached hydrogens (primary N) is 1. The Kier molecular flexibility index (Phi) is 3.92. The second-order valence-corrected chi connectivity index (χ2v) is 5.38. The Labute approximate surface area is 107 Å². The quantitative estimate of drug-likeness (QED) is 0.900. The molecule has 0 amide bonds. The summed E-state index contributed by atoms with van der Waals surface area (Å²) < 4.78 is 0. The SMILES string of the molecule is CCc1ccc(-c2nc(C)sc2CCN)cc1. The Morgan fingerprint density at radius 1 is 1.24 bits per heavy atom. The molecule has 1 heterocycles. The number of rotatable bonds is 4. The molecule has 2 aromatic rings. The van der Waals surface area contributed by atoms with Crippen LogP contribution >= 0.6 is 11.3 Å². The molecule has 1 aromatic heterocycles. The fourth-order valence-corrected chi connectivity index (χ4v) is 2.87. The van der Waals surface area contributed by atoms with Crippen LogP contribution in [0.5, 0.6) is 0 Å².